The summed E-state index contributed by atoms with van der Waals surface area (Å²) in [6.07, 6.45) is 6.88. The van der Waals surface area contributed by atoms with E-state index in [1.807, 2.05) is 48.5 Å². The molecule has 0 radical (unpaired) electrons. The molecule has 3 aromatic rings. The van der Waals surface area contributed by atoms with Gasteiger partial charge < -0.3 is 9.64 Å². The van der Waals surface area contributed by atoms with Crippen LogP contribution in [0.5, 0.6) is 5.75 Å². The van der Waals surface area contributed by atoms with Gasteiger partial charge in [0.1, 0.15) is 5.75 Å². The van der Waals surface area contributed by atoms with Gasteiger partial charge in [-0.3, -0.25) is 0 Å². The summed E-state index contributed by atoms with van der Waals surface area (Å²) in [7, 11) is 0. The van der Waals surface area contributed by atoms with Gasteiger partial charge in [-0.25, -0.2) is 0 Å². The van der Waals surface area contributed by atoms with Gasteiger partial charge in [0, 0.05) is 23.5 Å². The quantitative estimate of drug-likeness (QED) is 0.393. The van der Waals surface area contributed by atoms with Crippen molar-refractivity contribution in [3.05, 3.63) is 84.9 Å². The number of benzene rings is 3. The fourth-order valence-corrected chi connectivity index (χ4v) is 2.66. The molecule has 3 aromatic carbocycles. The first-order valence-corrected chi connectivity index (χ1v) is 8.45. The lowest BCUT2D eigenvalue weighted by Crippen LogP contribution is -2.09. The predicted molar refractivity (Wildman–Crippen MR) is 105 cm³/mol. The van der Waals surface area contributed by atoms with Gasteiger partial charge in [0.15, 0.2) is 0 Å². The molecule has 0 spiro atoms. The normalized spacial score (nSPS) is 10.0. The summed E-state index contributed by atoms with van der Waals surface area (Å²) in [6, 6.07) is 28.9. The van der Waals surface area contributed by atoms with Crippen molar-refractivity contribution in [3.8, 4) is 18.1 Å². The van der Waals surface area contributed by atoms with Gasteiger partial charge in [-0.05, 0) is 55.0 Å². The molecule has 0 aromatic heterocycles. The third-order valence-electron chi connectivity index (χ3n) is 3.86. The first kappa shape index (κ1) is 16.7. The van der Waals surface area contributed by atoms with Crippen LogP contribution in [0.25, 0.3) is 0 Å². The molecule has 0 N–H and O–H groups in total. The summed E-state index contributed by atoms with van der Waals surface area (Å²) >= 11 is 0. The van der Waals surface area contributed by atoms with E-state index in [1.165, 1.54) is 0 Å². The zero-order chi connectivity index (χ0) is 17.3. The topological polar surface area (TPSA) is 12.5 Å². The summed E-state index contributed by atoms with van der Waals surface area (Å²) in [5.74, 6) is 3.49. The van der Waals surface area contributed by atoms with Crippen LogP contribution >= 0.6 is 0 Å². The zero-order valence-electron chi connectivity index (χ0n) is 14.1. The Bertz CT molecular complexity index is 765. The first-order chi connectivity index (χ1) is 12.4. The van der Waals surface area contributed by atoms with E-state index in [0.717, 1.165) is 35.7 Å². The minimum Gasteiger partial charge on any atom is -0.494 e. The van der Waals surface area contributed by atoms with Crippen molar-refractivity contribution < 1.29 is 4.74 Å². The van der Waals surface area contributed by atoms with E-state index in [-0.39, 0.29) is 0 Å². The highest BCUT2D eigenvalue weighted by atomic mass is 16.5. The van der Waals surface area contributed by atoms with Crippen LogP contribution in [0.2, 0.25) is 0 Å². The Kier molecular flexibility index (Phi) is 5.74. The van der Waals surface area contributed by atoms with Crippen molar-refractivity contribution in [1.82, 2.24) is 0 Å². The van der Waals surface area contributed by atoms with E-state index in [1.54, 1.807) is 0 Å². The highest BCUT2D eigenvalue weighted by Gasteiger charge is 2.11. The van der Waals surface area contributed by atoms with Crippen LogP contribution < -0.4 is 9.64 Å². The SMILES string of the molecule is C#CCCCOc1ccc(N(c2ccccc2)c2ccccc2)cc1. The molecule has 25 heavy (non-hydrogen) atoms. The van der Waals surface area contributed by atoms with Crippen molar-refractivity contribution in [2.45, 2.75) is 12.8 Å². The molecule has 2 nitrogen and oxygen atoms in total. The van der Waals surface area contributed by atoms with Gasteiger partial charge in [0.05, 0.1) is 6.61 Å². The molecule has 3 rings (SSSR count). The average molecular weight is 327 g/mol. The lowest BCUT2D eigenvalue weighted by atomic mass is 10.2. The maximum atomic E-state index is 5.74. The summed E-state index contributed by atoms with van der Waals surface area (Å²) < 4.78 is 5.74. The minimum absolute atomic E-state index is 0.643. The monoisotopic (exact) mass is 327 g/mol. The second-order valence-corrected chi connectivity index (χ2v) is 5.66. The number of anilines is 3. The first-order valence-electron chi connectivity index (χ1n) is 8.45. The lowest BCUT2D eigenvalue weighted by Gasteiger charge is -2.25. The number of hydrogen-bond acceptors (Lipinski definition) is 2. The number of ether oxygens (including phenoxy) is 1. The number of hydrogen-bond donors (Lipinski definition) is 0. The number of terminal acetylenes is 1. The molecule has 0 bridgehead atoms. The molecular weight excluding hydrogens is 306 g/mol. The van der Waals surface area contributed by atoms with Crippen molar-refractivity contribution in [2.75, 3.05) is 11.5 Å². The van der Waals surface area contributed by atoms with Crippen LogP contribution in [-0.2, 0) is 0 Å². The third kappa shape index (κ3) is 4.43. The largest absolute Gasteiger partial charge is 0.494 e. The van der Waals surface area contributed by atoms with Gasteiger partial charge in [-0.15, -0.1) is 12.3 Å². The molecule has 0 heterocycles. The molecule has 0 aliphatic heterocycles. The second kappa shape index (κ2) is 8.61. The average Bonchev–Trinajstić information content (AvgIpc) is 2.68. The lowest BCUT2D eigenvalue weighted by molar-refractivity contribution is 0.313. The summed E-state index contributed by atoms with van der Waals surface area (Å²) in [5, 5.41) is 0. The standard InChI is InChI=1S/C23H21NO/c1-2-3-10-19-25-23-17-15-22(16-18-23)24(20-11-6-4-7-12-20)21-13-8-5-9-14-21/h1,4-9,11-18H,3,10,19H2. The molecule has 0 fully saturated rings. The highest BCUT2D eigenvalue weighted by molar-refractivity contribution is 5.76. The third-order valence-corrected chi connectivity index (χ3v) is 3.86. The maximum absolute atomic E-state index is 5.74. The number of unbranched alkanes of at least 4 members (excludes halogenated alkanes) is 1. The Balaban J connectivity index is 1.83. The summed E-state index contributed by atoms with van der Waals surface area (Å²) in [4.78, 5) is 2.22. The van der Waals surface area contributed by atoms with Gasteiger partial charge >= 0.3 is 0 Å². The maximum Gasteiger partial charge on any atom is 0.119 e. The van der Waals surface area contributed by atoms with Crippen LogP contribution in [-0.4, -0.2) is 6.61 Å². The molecule has 0 saturated heterocycles. The van der Waals surface area contributed by atoms with Gasteiger partial charge in [0.2, 0.25) is 0 Å². The Hall–Kier alpha value is -3.18. The van der Waals surface area contributed by atoms with Gasteiger partial charge in [-0.2, -0.15) is 0 Å². The summed E-state index contributed by atoms with van der Waals surface area (Å²) in [5.41, 5.74) is 3.33. The molecular formula is C23H21NO. The molecule has 2 heteroatoms. The molecule has 0 aliphatic carbocycles. The van der Waals surface area contributed by atoms with Crippen LogP contribution in [0.15, 0.2) is 84.9 Å². The Labute approximate surface area is 149 Å². The van der Waals surface area contributed by atoms with Crippen molar-refractivity contribution in [1.29, 1.82) is 0 Å². The van der Waals surface area contributed by atoms with Crippen LogP contribution in [0, 0.1) is 12.3 Å². The fraction of sp³-hybridized carbons (Fsp3) is 0.130. The molecule has 0 unspecified atom stereocenters. The van der Waals surface area contributed by atoms with Crippen molar-refractivity contribution >= 4 is 17.1 Å². The number of para-hydroxylation sites is 2. The van der Waals surface area contributed by atoms with E-state index in [9.17, 15) is 0 Å². The van der Waals surface area contributed by atoms with Gasteiger partial charge in [-0.1, -0.05) is 36.4 Å². The smallest absolute Gasteiger partial charge is 0.119 e. The fourth-order valence-electron chi connectivity index (χ4n) is 2.66. The molecule has 124 valence electrons. The van der Waals surface area contributed by atoms with Crippen molar-refractivity contribution in [2.24, 2.45) is 0 Å². The van der Waals surface area contributed by atoms with E-state index in [4.69, 9.17) is 11.2 Å². The highest BCUT2D eigenvalue weighted by Crippen LogP contribution is 2.34. The van der Waals surface area contributed by atoms with E-state index < -0.39 is 0 Å². The Morgan fingerprint density at radius 1 is 0.720 bits per heavy atom. The second-order valence-electron chi connectivity index (χ2n) is 5.66. The molecule has 0 aliphatic rings. The van der Waals surface area contributed by atoms with E-state index >= 15 is 0 Å². The molecule has 0 amide bonds. The Morgan fingerprint density at radius 3 is 1.76 bits per heavy atom. The van der Waals surface area contributed by atoms with E-state index in [0.29, 0.717) is 6.61 Å². The van der Waals surface area contributed by atoms with Crippen LogP contribution in [0.1, 0.15) is 12.8 Å². The predicted octanol–water partition coefficient (Wildman–Crippen LogP) is 5.95. The number of nitrogens with zero attached hydrogens (tertiary/aromatic N) is 1. The summed E-state index contributed by atoms with van der Waals surface area (Å²) in [6.45, 7) is 0.643. The van der Waals surface area contributed by atoms with E-state index in [2.05, 4.69) is 47.2 Å². The molecule has 0 saturated carbocycles. The van der Waals surface area contributed by atoms with Gasteiger partial charge in [0.25, 0.3) is 0 Å². The zero-order valence-corrected chi connectivity index (χ0v) is 14.1. The van der Waals surface area contributed by atoms with Crippen LogP contribution in [0.4, 0.5) is 17.1 Å². The minimum atomic E-state index is 0.643. The number of rotatable bonds is 7. The van der Waals surface area contributed by atoms with Crippen molar-refractivity contribution in [3.63, 3.8) is 0 Å². The van der Waals surface area contributed by atoms with Crippen LogP contribution in [0.3, 0.4) is 0 Å². The molecule has 0 atom stereocenters. The Morgan fingerprint density at radius 2 is 1.24 bits per heavy atom.